The molecular weight excluding hydrogens is 270 g/mol. The molecule has 1 fully saturated rings. The number of hydrogen-bond acceptors (Lipinski definition) is 4. The standard InChI is InChI=1S/C16H19NO2S/c18-17-9-8-13(14-6-3-4-10-19-14)16-11-12-5-1-2-7-15(12)20-16/h1-2,5,7-8,11,14,17-18H,3-4,6,9-10H2. The first-order chi connectivity index (χ1) is 9.88. The van der Waals surface area contributed by atoms with Gasteiger partial charge in [-0.1, -0.05) is 24.3 Å². The third-order valence-electron chi connectivity index (χ3n) is 3.65. The quantitative estimate of drug-likeness (QED) is 0.840. The molecule has 2 N–H and O–H groups in total. The Hall–Kier alpha value is -1.20. The van der Waals surface area contributed by atoms with Crippen molar-refractivity contribution < 1.29 is 9.94 Å². The van der Waals surface area contributed by atoms with Crippen LogP contribution in [0.3, 0.4) is 0 Å². The predicted molar refractivity (Wildman–Crippen MR) is 83.2 cm³/mol. The van der Waals surface area contributed by atoms with Gasteiger partial charge in [0.2, 0.25) is 0 Å². The van der Waals surface area contributed by atoms with Crippen LogP contribution >= 0.6 is 11.3 Å². The third kappa shape index (κ3) is 2.94. The average Bonchev–Trinajstić information content (AvgIpc) is 2.92. The average molecular weight is 289 g/mol. The highest BCUT2D eigenvalue weighted by molar-refractivity contribution is 7.20. The lowest BCUT2D eigenvalue weighted by Gasteiger charge is -2.24. The molecule has 0 amide bonds. The summed E-state index contributed by atoms with van der Waals surface area (Å²) in [6.45, 7) is 1.28. The molecule has 3 rings (SSSR count). The van der Waals surface area contributed by atoms with Gasteiger partial charge in [0.05, 0.1) is 6.10 Å². The minimum Gasteiger partial charge on any atom is -0.373 e. The second-order valence-electron chi connectivity index (χ2n) is 5.03. The van der Waals surface area contributed by atoms with Crippen molar-refractivity contribution in [1.82, 2.24) is 5.48 Å². The van der Waals surface area contributed by atoms with Crippen molar-refractivity contribution in [2.75, 3.05) is 13.2 Å². The van der Waals surface area contributed by atoms with Gasteiger partial charge in [0.15, 0.2) is 0 Å². The second kappa shape index (κ2) is 6.50. The first-order valence-electron chi connectivity index (χ1n) is 7.06. The Balaban J connectivity index is 1.95. The predicted octanol–water partition coefficient (Wildman–Crippen LogP) is 3.83. The van der Waals surface area contributed by atoms with Crippen molar-refractivity contribution >= 4 is 27.0 Å². The van der Waals surface area contributed by atoms with Crippen molar-refractivity contribution in [2.45, 2.75) is 25.4 Å². The molecule has 1 unspecified atom stereocenters. The molecule has 0 saturated carbocycles. The van der Waals surface area contributed by atoms with Crippen molar-refractivity contribution in [3.63, 3.8) is 0 Å². The van der Waals surface area contributed by atoms with Gasteiger partial charge >= 0.3 is 0 Å². The number of hydrogen-bond donors (Lipinski definition) is 2. The summed E-state index contributed by atoms with van der Waals surface area (Å²) >= 11 is 1.79. The van der Waals surface area contributed by atoms with E-state index in [0.29, 0.717) is 6.54 Å². The number of rotatable bonds is 4. The smallest absolute Gasteiger partial charge is 0.0835 e. The molecule has 0 radical (unpaired) electrons. The van der Waals surface area contributed by atoms with E-state index in [0.717, 1.165) is 19.4 Å². The van der Waals surface area contributed by atoms with E-state index in [1.54, 1.807) is 11.3 Å². The van der Waals surface area contributed by atoms with Gasteiger partial charge in [0, 0.05) is 22.7 Å². The molecule has 4 heteroatoms. The lowest BCUT2D eigenvalue weighted by Crippen LogP contribution is -2.21. The van der Waals surface area contributed by atoms with Crippen LogP contribution in [0.5, 0.6) is 0 Å². The van der Waals surface area contributed by atoms with Gasteiger partial charge in [-0.15, -0.1) is 11.3 Å². The monoisotopic (exact) mass is 289 g/mol. The maximum absolute atomic E-state index is 8.87. The molecule has 0 bridgehead atoms. The molecule has 1 atom stereocenters. The molecule has 106 valence electrons. The van der Waals surface area contributed by atoms with Crippen LogP contribution in [0.25, 0.3) is 15.7 Å². The molecule has 1 aromatic heterocycles. The van der Waals surface area contributed by atoms with Crippen LogP contribution in [0.4, 0.5) is 0 Å². The highest BCUT2D eigenvalue weighted by Crippen LogP contribution is 2.35. The number of benzene rings is 1. The summed E-state index contributed by atoms with van der Waals surface area (Å²) in [4.78, 5) is 1.24. The summed E-state index contributed by atoms with van der Waals surface area (Å²) in [7, 11) is 0. The zero-order chi connectivity index (χ0) is 13.8. The van der Waals surface area contributed by atoms with Crippen LogP contribution in [0.2, 0.25) is 0 Å². The maximum Gasteiger partial charge on any atom is 0.0835 e. The summed E-state index contributed by atoms with van der Waals surface area (Å²) in [5.74, 6) is 0. The van der Waals surface area contributed by atoms with Crippen LogP contribution in [0.1, 0.15) is 24.1 Å². The van der Waals surface area contributed by atoms with Gasteiger partial charge in [-0.2, -0.15) is 0 Å². The highest BCUT2D eigenvalue weighted by Gasteiger charge is 2.21. The number of nitrogens with one attached hydrogen (secondary N) is 1. The van der Waals surface area contributed by atoms with Crippen molar-refractivity contribution in [1.29, 1.82) is 0 Å². The van der Waals surface area contributed by atoms with Gasteiger partial charge in [-0.3, -0.25) is 0 Å². The van der Waals surface area contributed by atoms with Crippen molar-refractivity contribution in [3.05, 3.63) is 41.3 Å². The molecule has 2 heterocycles. The van der Waals surface area contributed by atoms with E-state index in [2.05, 4.69) is 35.8 Å². The van der Waals surface area contributed by atoms with Crippen LogP contribution < -0.4 is 5.48 Å². The van der Waals surface area contributed by atoms with E-state index in [9.17, 15) is 0 Å². The topological polar surface area (TPSA) is 41.5 Å². The minimum absolute atomic E-state index is 0.158. The molecule has 1 aliphatic rings. The molecule has 1 aliphatic heterocycles. The fraction of sp³-hybridized carbons (Fsp3) is 0.375. The second-order valence-corrected chi connectivity index (χ2v) is 6.11. The Morgan fingerprint density at radius 3 is 3.05 bits per heavy atom. The zero-order valence-electron chi connectivity index (χ0n) is 11.3. The summed E-state index contributed by atoms with van der Waals surface area (Å²) < 4.78 is 7.21. The van der Waals surface area contributed by atoms with E-state index in [1.807, 2.05) is 6.08 Å². The maximum atomic E-state index is 8.87. The Bertz CT molecular complexity index is 566. The summed E-state index contributed by atoms with van der Waals surface area (Å²) in [5, 5.41) is 10.1. The Morgan fingerprint density at radius 2 is 2.30 bits per heavy atom. The number of fused-ring (bicyclic) bond motifs is 1. The fourth-order valence-electron chi connectivity index (χ4n) is 2.66. The van der Waals surface area contributed by atoms with Crippen LogP contribution in [-0.4, -0.2) is 24.5 Å². The van der Waals surface area contributed by atoms with E-state index in [4.69, 9.17) is 9.94 Å². The van der Waals surface area contributed by atoms with Gasteiger partial charge in [-0.05, 0) is 42.4 Å². The highest BCUT2D eigenvalue weighted by atomic mass is 32.1. The van der Waals surface area contributed by atoms with E-state index < -0.39 is 0 Å². The Labute approximate surface area is 122 Å². The van der Waals surface area contributed by atoms with Gasteiger partial charge in [0.1, 0.15) is 0 Å². The number of thiophene rings is 1. The molecule has 1 saturated heterocycles. The zero-order valence-corrected chi connectivity index (χ0v) is 12.2. The van der Waals surface area contributed by atoms with Crippen LogP contribution in [-0.2, 0) is 4.74 Å². The van der Waals surface area contributed by atoms with Gasteiger partial charge in [0.25, 0.3) is 0 Å². The molecule has 3 nitrogen and oxygen atoms in total. The largest absolute Gasteiger partial charge is 0.373 e. The SMILES string of the molecule is ONCC=C(c1cc2ccccc2s1)C1CCCCO1. The van der Waals surface area contributed by atoms with Crippen LogP contribution in [0.15, 0.2) is 36.4 Å². The molecule has 2 aromatic rings. The summed E-state index contributed by atoms with van der Waals surface area (Å²) in [6.07, 6.45) is 5.62. The fourth-order valence-corrected chi connectivity index (χ4v) is 3.80. The minimum atomic E-state index is 0.158. The first kappa shape index (κ1) is 13.8. The molecule has 0 spiro atoms. The van der Waals surface area contributed by atoms with E-state index in [1.165, 1.54) is 27.0 Å². The Kier molecular flexibility index (Phi) is 4.47. The van der Waals surface area contributed by atoms with E-state index in [-0.39, 0.29) is 6.10 Å². The lowest BCUT2D eigenvalue weighted by molar-refractivity contribution is 0.0527. The first-order valence-corrected chi connectivity index (χ1v) is 7.87. The molecular formula is C16H19NO2S. The molecule has 1 aromatic carbocycles. The van der Waals surface area contributed by atoms with Crippen molar-refractivity contribution in [2.24, 2.45) is 0 Å². The number of ether oxygens (including phenoxy) is 1. The molecule has 0 aliphatic carbocycles. The van der Waals surface area contributed by atoms with E-state index >= 15 is 0 Å². The molecule has 20 heavy (non-hydrogen) atoms. The van der Waals surface area contributed by atoms with Gasteiger partial charge < -0.3 is 9.94 Å². The normalized spacial score (nSPS) is 20.4. The summed E-state index contributed by atoms with van der Waals surface area (Å²) in [5.41, 5.74) is 3.41. The van der Waals surface area contributed by atoms with Crippen molar-refractivity contribution in [3.8, 4) is 0 Å². The summed E-state index contributed by atoms with van der Waals surface area (Å²) in [6, 6.07) is 10.6. The number of hydroxylamine groups is 1. The van der Waals surface area contributed by atoms with Gasteiger partial charge in [-0.25, -0.2) is 5.48 Å². The third-order valence-corrected chi connectivity index (χ3v) is 4.82. The Morgan fingerprint density at radius 1 is 1.40 bits per heavy atom. The van der Waals surface area contributed by atoms with Crippen LogP contribution in [0, 0.1) is 0 Å². The lowest BCUT2D eigenvalue weighted by atomic mass is 9.99.